The van der Waals surface area contributed by atoms with E-state index >= 15 is 0 Å². The van der Waals surface area contributed by atoms with Crippen LogP contribution in [0, 0.1) is 5.92 Å². The van der Waals surface area contributed by atoms with E-state index in [-0.39, 0.29) is 24.4 Å². The third-order valence-corrected chi connectivity index (χ3v) is 7.77. The normalized spacial score (nSPS) is 17.9. The molecular formula is C31H37N5O5. The number of aromatic nitrogens is 2. The van der Waals surface area contributed by atoms with Gasteiger partial charge < -0.3 is 30.3 Å². The number of fused-ring (bicyclic) bond motifs is 1. The van der Waals surface area contributed by atoms with Gasteiger partial charge >= 0.3 is 6.09 Å². The maximum absolute atomic E-state index is 12.8. The number of carbonyl (C=O) groups is 2. The first-order valence-electron chi connectivity index (χ1n) is 14.2. The van der Waals surface area contributed by atoms with Crippen molar-refractivity contribution in [2.24, 2.45) is 5.92 Å². The zero-order valence-electron chi connectivity index (χ0n) is 23.1. The molecule has 3 aromatic rings. The first-order chi connectivity index (χ1) is 20.0. The first-order valence-corrected chi connectivity index (χ1v) is 14.2. The van der Waals surface area contributed by atoms with Crippen molar-refractivity contribution in [1.82, 2.24) is 26.1 Å². The number of ether oxygens (including phenoxy) is 1. The molecule has 2 aliphatic rings. The van der Waals surface area contributed by atoms with Gasteiger partial charge in [-0.15, -0.1) is 0 Å². The minimum absolute atomic E-state index is 0.0723. The molecule has 10 heteroatoms. The molecule has 216 valence electrons. The van der Waals surface area contributed by atoms with Gasteiger partial charge in [0.2, 0.25) is 11.7 Å². The number of hydrogen-bond donors (Lipinski definition) is 4. The molecule has 5 rings (SSSR count). The van der Waals surface area contributed by atoms with E-state index in [4.69, 9.17) is 9.26 Å². The number of aliphatic hydroxyl groups is 1. The van der Waals surface area contributed by atoms with Gasteiger partial charge in [-0.2, -0.15) is 4.98 Å². The van der Waals surface area contributed by atoms with Gasteiger partial charge in [-0.1, -0.05) is 54.2 Å². The third kappa shape index (κ3) is 7.59. The Morgan fingerprint density at radius 2 is 1.93 bits per heavy atom. The molecule has 1 aliphatic heterocycles. The lowest BCUT2D eigenvalue weighted by molar-refractivity contribution is 0.0938. The fourth-order valence-electron chi connectivity index (χ4n) is 5.53. The van der Waals surface area contributed by atoms with Crippen molar-refractivity contribution in [1.29, 1.82) is 0 Å². The van der Waals surface area contributed by atoms with E-state index in [1.54, 1.807) is 12.1 Å². The largest absolute Gasteiger partial charge is 0.445 e. The lowest BCUT2D eigenvalue weighted by Crippen LogP contribution is -2.40. The summed E-state index contributed by atoms with van der Waals surface area (Å²) in [5, 5.41) is 24.2. The number of rotatable bonds is 12. The molecule has 1 saturated heterocycles. The van der Waals surface area contributed by atoms with Crippen molar-refractivity contribution in [2.75, 3.05) is 19.7 Å². The predicted octanol–water partition coefficient (Wildman–Crippen LogP) is 3.26. The Morgan fingerprint density at radius 1 is 1.17 bits per heavy atom. The summed E-state index contributed by atoms with van der Waals surface area (Å²) in [4.78, 5) is 29.4. The minimum atomic E-state index is -1.16. The van der Waals surface area contributed by atoms with Crippen LogP contribution in [0.2, 0.25) is 0 Å². The summed E-state index contributed by atoms with van der Waals surface area (Å²) in [5.74, 6) is 0.812. The Labute approximate surface area is 239 Å². The van der Waals surface area contributed by atoms with E-state index in [1.165, 1.54) is 17.2 Å². The van der Waals surface area contributed by atoms with Crippen LogP contribution in [0.5, 0.6) is 0 Å². The van der Waals surface area contributed by atoms with E-state index in [0.29, 0.717) is 30.2 Å². The molecule has 41 heavy (non-hydrogen) atoms. The molecule has 0 radical (unpaired) electrons. The lowest BCUT2D eigenvalue weighted by Gasteiger charge is -2.23. The van der Waals surface area contributed by atoms with Gasteiger partial charge in [0.05, 0.1) is 12.5 Å². The average Bonchev–Trinajstić information content (AvgIpc) is 3.75. The highest BCUT2D eigenvalue weighted by atomic mass is 16.5. The first kappa shape index (κ1) is 28.5. The number of hydrogen-bond acceptors (Lipinski definition) is 8. The van der Waals surface area contributed by atoms with Crippen LogP contribution in [0.4, 0.5) is 4.79 Å². The molecule has 2 aromatic carbocycles. The summed E-state index contributed by atoms with van der Waals surface area (Å²) in [6.45, 7) is 5.52. The molecule has 4 N–H and O–H groups in total. The number of nitrogens with one attached hydrogen (secondary N) is 3. The number of benzene rings is 2. The van der Waals surface area contributed by atoms with Gasteiger partial charge in [-0.25, -0.2) is 4.79 Å². The Kier molecular flexibility index (Phi) is 9.43. The van der Waals surface area contributed by atoms with Crippen molar-refractivity contribution in [3.8, 4) is 0 Å². The van der Waals surface area contributed by atoms with E-state index in [9.17, 15) is 14.7 Å². The van der Waals surface area contributed by atoms with E-state index in [0.717, 1.165) is 44.3 Å². The summed E-state index contributed by atoms with van der Waals surface area (Å²) in [6.07, 6.45) is 4.14. The van der Waals surface area contributed by atoms with Crippen molar-refractivity contribution in [3.05, 3.63) is 95.2 Å². The molecule has 10 nitrogen and oxygen atoms in total. The van der Waals surface area contributed by atoms with Crippen molar-refractivity contribution < 1.29 is 24.0 Å². The maximum Gasteiger partial charge on any atom is 0.407 e. The van der Waals surface area contributed by atoms with Crippen molar-refractivity contribution in [2.45, 2.75) is 56.7 Å². The zero-order chi connectivity index (χ0) is 28.6. The average molecular weight is 560 g/mol. The van der Waals surface area contributed by atoms with Gasteiger partial charge in [0, 0.05) is 11.6 Å². The number of amides is 2. The zero-order valence-corrected chi connectivity index (χ0v) is 23.1. The summed E-state index contributed by atoms with van der Waals surface area (Å²) in [5.41, 5.74) is 4.05. The van der Waals surface area contributed by atoms with Crippen LogP contribution in [-0.2, 0) is 24.0 Å². The highest BCUT2D eigenvalue weighted by Crippen LogP contribution is 2.24. The predicted molar refractivity (Wildman–Crippen MR) is 152 cm³/mol. The summed E-state index contributed by atoms with van der Waals surface area (Å²) in [7, 11) is 0. The molecule has 3 atom stereocenters. The Morgan fingerprint density at radius 3 is 2.61 bits per heavy atom. The Balaban J connectivity index is 1.16. The second-order valence-corrected chi connectivity index (χ2v) is 10.8. The molecule has 1 aromatic heterocycles. The van der Waals surface area contributed by atoms with Gasteiger partial charge in [-0.05, 0) is 79.9 Å². The molecule has 0 unspecified atom stereocenters. The summed E-state index contributed by atoms with van der Waals surface area (Å²) < 4.78 is 10.5. The highest BCUT2D eigenvalue weighted by molar-refractivity contribution is 5.94. The minimum Gasteiger partial charge on any atom is -0.445 e. The van der Waals surface area contributed by atoms with Crippen LogP contribution in [-0.4, -0.2) is 59.0 Å². The standard InChI is InChI=1S/C31H37N5O5/c1-2-15-40-31(39)34-26(12-9-21-13-14-32-19-21)28(37)29-35-27(41-36-29)16-20-7-10-22(11-8-20)30(38)33-25-17-23-5-3-4-6-24(23)18-25/h2-8,10-11,21,25-26,28,32,37H,1,9,12-19H2,(H,33,38)(H,34,39)/t21-,26+,28+/m1/s1. The smallest absolute Gasteiger partial charge is 0.407 e. The number of nitrogens with zero attached hydrogens (tertiary/aromatic N) is 2. The lowest BCUT2D eigenvalue weighted by atomic mass is 9.96. The fourth-order valence-corrected chi connectivity index (χ4v) is 5.53. The van der Waals surface area contributed by atoms with Crippen molar-refractivity contribution >= 4 is 12.0 Å². The molecule has 2 heterocycles. The third-order valence-electron chi connectivity index (χ3n) is 7.77. The van der Waals surface area contributed by atoms with E-state index in [2.05, 4.69) is 44.8 Å². The Bertz CT molecular complexity index is 1310. The van der Waals surface area contributed by atoms with Gasteiger partial charge in [0.15, 0.2) is 0 Å². The summed E-state index contributed by atoms with van der Waals surface area (Å²) in [6, 6.07) is 15.0. The van der Waals surface area contributed by atoms with Crippen LogP contribution in [0.25, 0.3) is 0 Å². The summed E-state index contributed by atoms with van der Waals surface area (Å²) >= 11 is 0. The fraction of sp³-hybridized carbons (Fsp3) is 0.419. The molecule has 0 spiro atoms. The van der Waals surface area contributed by atoms with Gasteiger partial charge in [-0.3, -0.25) is 4.79 Å². The van der Waals surface area contributed by atoms with Crippen LogP contribution >= 0.6 is 0 Å². The molecule has 1 fully saturated rings. The van der Waals surface area contributed by atoms with Crippen molar-refractivity contribution in [3.63, 3.8) is 0 Å². The SMILES string of the molecule is C=CCOC(=O)N[C@@H](CC[C@@H]1CCNC1)[C@H](O)c1noc(Cc2ccc(C(=O)NC3Cc4ccccc4C3)cc2)n1. The van der Waals surface area contributed by atoms with Crippen LogP contribution < -0.4 is 16.0 Å². The topological polar surface area (TPSA) is 139 Å². The van der Waals surface area contributed by atoms with Gasteiger partial charge in [0.25, 0.3) is 5.91 Å². The highest BCUT2D eigenvalue weighted by Gasteiger charge is 2.29. The van der Waals surface area contributed by atoms with Crippen LogP contribution in [0.15, 0.2) is 65.7 Å². The van der Waals surface area contributed by atoms with E-state index in [1.807, 2.05) is 24.3 Å². The quantitative estimate of drug-likeness (QED) is 0.248. The number of alkyl carbamates (subject to hydrolysis) is 1. The Hall–Kier alpha value is -4.02. The van der Waals surface area contributed by atoms with Gasteiger partial charge in [0.1, 0.15) is 12.7 Å². The van der Waals surface area contributed by atoms with Crippen LogP contribution in [0.1, 0.15) is 64.1 Å². The molecule has 0 bridgehead atoms. The number of aliphatic hydroxyl groups excluding tert-OH is 1. The maximum atomic E-state index is 12.8. The molecule has 1 aliphatic carbocycles. The second-order valence-electron chi connectivity index (χ2n) is 10.8. The van der Waals surface area contributed by atoms with E-state index < -0.39 is 18.2 Å². The molecular weight excluding hydrogens is 522 g/mol. The van der Waals surface area contributed by atoms with Crippen LogP contribution in [0.3, 0.4) is 0 Å². The number of carbonyl (C=O) groups excluding carboxylic acids is 2. The second kappa shape index (κ2) is 13.6. The molecule has 0 saturated carbocycles. The molecule has 2 amide bonds. The monoisotopic (exact) mass is 559 g/mol.